The highest BCUT2D eigenvalue weighted by Crippen LogP contribution is 2.13. The smallest absolute Gasteiger partial charge is 0.401 e. The zero-order valence-electron chi connectivity index (χ0n) is 8.79. The van der Waals surface area contributed by atoms with Gasteiger partial charge < -0.3 is 10.1 Å². The van der Waals surface area contributed by atoms with Crippen molar-refractivity contribution in [1.29, 1.82) is 0 Å². The molecule has 0 saturated heterocycles. The molecule has 0 bridgehead atoms. The normalized spacial score (nSPS) is 13.6. The van der Waals surface area contributed by atoms with Crippen molar-refractivity contribution in [3.63, 3.8) is 0 Å². The number of aryl methyl sites for hydroxylation is 1. The Balaban J connectivity index is 2.41. The summed E-state index contributed by atoms with van der Waals surface area (Å²) in [7, 11) is 0. The molecule has 0 spiro atoms. The predicted molar refractivity (Wildman–Crippen MR) is 52.4 cm³/mol. The second-order valence-electron chi connectivity index (χ2n) is 3.49. The van der Waals surface area contributed by atoms with Crippen LogP contribution in [0.15, 0.2) is 12.5 Å². The van der Waals surface area contributed by atoms with E-state index in [0.29, 0.717) is 12.1 Å². The largest absolute Gasteiger partial charge is 0.480 e. The van der Waals surface area contributed by atoms with E-state index in [0.717, 1.165) is 0 Å². The van der Waals surface area contributed by atoms with Crippen LogP contribution in [0.1, 0.15) is 12.1 Å². The number of hydrogen-bond donors (Lipinski definition) is 3. The quantitative estimate of drug-likeness (QED) is 0.703. The number of hydrogen-bond acceptors (Lipinski definition) is 3. The van der Waals surface area contributed by atoms with Crippen LogP contribution in [-0.2, 0) is 11.2 Å². The lowest BCUT2D eigenvalue weighted by Crippen LogP contribution is -2.42. The first kappa shape index (κ1) is 13.5. The van der Waals surface area contributed by atoms with Gasteiger partial charge in [0.2, 0.25) is 0 Å². The average Bonchev–Trinajstić information content (AvgIpc) is 2.68. The molecule has 0 radical (unpaired) electrons. The molecule has 0 unspecified atom stereocenters. The SMILES string of the molecule is O=C(O)[C@H](CCc1c[nH]cn1)NCC(F)(F)F. The van der Waals surface area contributed by atoms with Crippen molar-refractivity contribution in [1.82, 2.24) is 15.3 Å². The number of alkyl halides is 3. The standard InChI is InChI=1S/C9H12F3N3O2/c10-9(11,12)4-14-7(8(16)17)2-1-6-3-13-5-15-6/h3,5,7,14H,1-2,4H2,(H,13,15)(H,16,17)/t7-/m0/s1. The third kappa shape index (κ3) is 5.34. The molecule has 96 valence electrons. The number of carboxylic acids is 1. The van der Waals surface area contributed by atoms with Crippen LogP contribution in [0.25, 0.3) is 0 Å². The zero-order chi connectivity index (χ0) is 12.9. The molecule has 0 amide bonds. The molecule has 0 aliphatic carbocycles. The summed E-state index contributed by atoms with van der Waals surface area (Å²) in [5.41, 5.74) is 0.616. The summed E-state index contributed by atoms with van der Waals surface area (Å²) in [5, 5.41) is 10.7. The summed E-state index contributed by atoms with van der Waals surface area (Å²) < 4.78 is 35.8. The first-order valence-electron chi connectivity index (χ1n) is 4.89. The Morgan fingerprint density at radius 2 is 2.29 bits per heavy atom. The lowest BCUT2D eigenvalue weighted by molar-refractivity contribution is -0.143. The van der Waals surface area contributed by atoms with Gasteiger partial charge in [-0.3, -0.25) is 10.1 Å². The van der Waals surface area contributed by atoms with Gasteiger partial charge in [0.1, 0.15) is 6.04 Å². The van der Waals surface area contributed by atoms with Crippen molar-refractivity contribution in [2.75, 3.05) is 6.54 Å². The Hall–Kier alpha value is -1.57. The molecule has 0 aliphatic rings. The van der Waals surface area contributed by atoms with Gasteiger partial charge >= 0.3 is 12.1 Å². The molecule has 1 rings (SSSR count). The van der Waals surface area contributed by atoms with Gasteiger partial charge in [-0.25, -0.2) is 4.98 Å². The minimum atomic E-state index is -4.42. The van der Waals surface area contributed by atoms with Crippen LogP contribution in [0.5, 0.6) is 0 Å². The van der Waals surface area contributed by atoms with E-state index < -0.39 is 24.7 Å². The maximum atomic E-state index is 11.9. The molecular weight excluding hydrogens is 239 g/mol. The van der Waals surface area contributed by atoms with Crippen molar-refractivity contribution in [3.05, 3.63) is 18.2 Å². The summed E-state index contributed by atoms with van der Waals surface area (Å²) in [5.74, 6) is -1.30. The lowest BCUT2D eigenvalue weighted by atomic mass is 10.1. The van der Waals surface area contributed by atoms with Gasteiger partial charge in [-0.1, -0.05) is 0 Å². The van der Waals surface area contributed by atoms with Gasteiger partial charge in [0.05, 0.1) is 18.6 Å². The predicted octanol–water partition coefficient (Wildman–Crippen LogP) is 0.947. The number of carboxylic acid groups (broad SMARTS) is 1. The number of imidazole rings is 1. The van der Waals surface area contributed by atoms with Gasteiger partial charge in [-0.15, -0.1) is 0 Å². The molecule has 0 fully saturated rings. The van der Waals surface area contributed by atoms with Gasteiger partial charge in [-0.05, 0) is 12.8 Å². The Labute approximate surface area is 95.1 Å². The second-order valence-corrected chi connectivity index (χ2v) is 3.49. The molecule has 5 nitrogen and oxygen atoms in total. The molecule has 17 heavy (non-hydrogen) atoms. The third-order valence-corrected chi connectivity index (χ3v) is 2.09. The molecule has 1 heterocycles. The number of nitrogens with zero attached hydrogens (tertiary/aromatic N) is 1. The molecule has 8 heteroatoms. The summed E-state index contributed by atoms with van der Waals surface area (Å²) in [6.45, 7) is -1.31. The monoisotopic (exact) mass is 251 g/mol. The zero-order valence-corrected chi connectivity index (χ0v) is 8.79. The maximum absolute atomic E-state index is 11.9. The lowest BCUT2D eigenvalue weighted by Gasteiger charge is -2.15. The van der Waals surface area contributed by atoms with Gasteiger partial charge in [-0.2, -0.15) is 13.2 Å². The molecule has 0 aromatic carbocycles. The van der Waals surface area contributed by atoms with E-state index in [1.807, 2.05) is 5.32 Å². The molecule has 0 saturated carbocycles. The number of carbonyl (C=O) groups is 1. The van der Waals surface area contributed by atoms with E-state index in [2.05, 4.69) is 9.97 Å². The van der Waals surface area contributed by atoms with Gasteiger partial charge in [0.15, 0.2) is 0 Å². The number of aromatic amines is 1. The molecule has 0 aliphatic heterocycles. The Morgan fingerprint density at radius 3 is 2.76 bits per heavy atom. The van der Waals surface area contributed by atoms with Crippen molar-refractivity contribution in [2.45, 2.75) is 25.1 Å². The van der Waals surface area contributed by atoms with Crippen LogP contribution < -0.4 is 5.32 Å². The highest BCUT2D eigenvalue weighted by atomic mass is 19.4. The topological polar surface area (TPSA) is 78.0 Å². The first-order valence-corrected chi connectivity index (χ1v) is 4.89. The summed E-state index contributed by atoms with van der Waals surface area (Å²) in [4.78, 5) is 17.3. The van der Waals surface area contributed by atoms with Crippen LogP contribution in [0.2, 0.25) is 0 Å². The first-order chi connectivity index (χ1) is 7.88. The number of rotatable bonds is 6. The number of aromatic nitrogens is 2. The summed E-state index contributed by atoms with van der Waals surface area (Å²) in [6, 6.07) is -1.23. The molecule has 3 N–H and O–H groups in total. The number of H-pyrrole nitrogens is 1. The highest BCUT2D eigenvalue weighted by molar-refractivity contribution is 5.73. The summed E-state index contributed by atoms with van der Waals surface area (Å²) in [6.07, 6.45) is -1.07. The van der Waals surface area contributed by atoms with Gasteiger partial charge in [0, 0.05) is 6.20 Å². The number of aliphatic carboxylic acids is 1. The maximum Gasteiger partial charge on any atom is 0.401 e. The van der Waals surface area contributed by atoms with E-state index >= 15 is 0 Å². The van der Waals surface area contributed by atoms with Crippen LogP contribution >= 0.6 is 0 Å². The van der Waals surface area contributed by atoms with Crippen LogP contribution in [-0.4, -0.2) is 39.8 Å². The fraction of sp³-hybridized carbons (Fsp3) is 0.556. The highest BCUT2D eigenvalue weighted by Gasteiger charge is 2.29. The number of halogens is 3. The van der Waals surface area contributed by atoms with Crippen molar-refractivity contribution >= 4 is 5.97 Å². The van der Waals surface area contributed by atoms with E-state index in [1.54, 1.807) is 6.20 Å². The van der Waals surface area contributed by atoms with E-state index in [1.165, 1.54) is 6.33 Å². The Morgan fingerprint density at radius 1 is 1.59 bits per heavy atom. The molecule has 1 atom stereocenters. The Bertz CT molecular complexity index is 351. The van der Waals surface area contributed by atoms with Crippen molar-refractivity contribution < 1.29 is 23.1 Å². The van der Waals surface area contributed by atoms with Crippen LogP contribution in [0, 0.1) is 0 Å². The molecule has 1 aromatic rings. The van der Waals surface area contributed by atoms with Gasteiger partial charge in [0.25, 0.3) is 0 Å². The Kier molecular flexibility index (Phi) is 4.50. The van der Waals surface area contributed by atoms with E-state index in [-0.39, 0.29) is 6.42 Å². The minimum absolute atomic E-state index is 0.0519. The van der Waals surface area contributed by atoms with Crippen molar-refractivity contribution in [3.8, 4) is 0 Å². The van der Waals surface area contributed by atoms with E-state index in [9.17, 15) is 18.0 Å². The van der Waals surface area contributed by atoms with Crippen molar-refractivity contribution in [2.24, 2.45) is 0 Å². The van der Waals surface area contributed by atoms with Crippen LogP contribution in [0.3, 0.4) is 0 Å². The minimum Gasteiger partial charge on any atom is -0.480 e. The number of nitrogens with one attached hydrogen (secondary N) is 2. The molecule has 1 aromatic heterocycles. The second kappa shape index (κ2) is 5.67. The van der Waals surface area contributed by atoms with Crippen LogP contribution in [0.4, 0.5) is 13.2 Å². The third-order valence-electron chi connectivity index (χ3n) is 2.09. The van der Waals surface area contributed by atoms with E-state index in [4.69, 9.17) is 5.11 Å². The summed E-state index contributed by atoms with van der Waals surface area (Å²) >= 11 is 0. The molecular formula is C9H12F3N3O2. The fourth-order valence-electron chi connectivity index (χ4n) is 1.27. The fourth-order valence-corrected chi connectivity index (χ4v) is 1.27. The average molecular weight is 251 g/mol.